The number of nitriles is 1. The molecule has 0 aliphatic carbocycles. The monoisotopic (exact) mass is 356 g/mol. The fourth-order valence-electron chi connectivity index (χ4n) is 2.60. The fraction of sp³-hybridized carbons (Fsp3) is 0.278. The number of carbonyl (C=O) groups excluding carboxylic acids is 2. The van der Waals surface area contributed by atoms with E-state index in [-0.39, 0.29) is 22.9 Å². The summed E-state index contributed by atoms with van der Waals surface area (Å²) >= 11 is 0. The van der Waals surface area contributed by atoms with Gasteiger partial charge in [0.25, 0.3) is 5.91 Å². The molecule has 8 heteroatoms. The van der Waals surface area contributed by atoms with Crippen molar-refractivity contribution in [2.75, 3.05) is 33.1 Å². The van der Waals surface area contributed by atoms with Gasteiger partial charge in [-0.2, -0.15) is 5.26 Å². The Morgan fingerprint density at radius 1 is 1.35 bits per heavy atom. The van der Waals surface area contributed by atoms with Crippen LogP contribution in [-0.4, -0.2) is 43.8 Å². The number of benzene rings is 1. The van der Waals surface area contributed by atoms with Crippen molar-refractivity contribution >= 4 is 17.6 Å². The number of ether oxygens (including phenoxy) is 2. The highest BCUT2D eigenvalue weighted by atomic mass is 16.5. The highest BCUT2D eigenvalue weighted by Crippen LogP contribution is 2.27. The van der Waals surface area contributed by atoms with Crippen molar-refractivity contribution in [1.82, 2.24) is 9.88 Å². The van der Waals surface area contributed by atoms with E-state index in [4.69, 9.17) is 15.2 Å². The first-order valence-corrected chi connectivity index (χ1v) is 7.82. The van der Waals surface area contributed by atoms with E-state index in [1.54, 1.807) is 32.2 Å². The van der Waals surface area contributed by atoms with Gasteiger partial charge in [-0.05, 0) is 24.6 Å². The van der Waals surface area contributed by atoms with Crippen LogP contribution in [-0.2, 0) is 9.47 Å². The Morgan fingerprint density at radius 3 is 2.69 bits per heavy atom. The first kappa shape index (κ1) is 19.0. The lowest BCUT2D eigenvalue weighted by atomic mass is 10.1. The van der Waals surface area contributed by atoms with Crippen molar-refractivity contribution in [3.05, 3.63) is 46.8 Å². The maximum absolute atomic E-state index is 12.4. The molecule has 0 bridgehead atoms. The van der Waals surface area contributed by atoms with Crippen LogP contribution in [0.1, 0.15) is 32.0 Å². The van der Waals surface area contributed by atoms with Gasteiger partial charge in [0.1, 0.15) is 6.07 Å². The van der Waals surface area contributed by atoms with E-state index in [0.29, 0.717) is 30.0 Å². The highest BCUT2D eigenvalue weighted by molar-refractivity contribution is 5.98. The fourth-order valence-corrected chi connectivity index (χ4v) is 2.60. The minimum absolute atomic E-state index is 0.0358. The molecular weight excluding hydrogens is 336 g/mol. The molecule has 0 atom stereocenters. The summed E-state index contributed by atoms with van der Waals surface area (Å²) < 4.78 is 11.2. The van der Waals surface area contributed by atoms with Gasteiger partial charge in [0.2, 0.25) is 0 Å². The number of nitrogens with zero attached hydrogens (tertiary/aromatic N) is 2. The molecule has 136 valence electrons. The summed E-state index contributed by atoms with van der Waals surface area (Å²) in [7, 11) is 2.79. The molecule has 0 fully saturated rings. The third-order valence-electron chi connectivity index (χ3n) is 3.94. The zero-order valence-corrected chi connectivity index (χ0v) is 14.8. The third-order valence-corrected chi connectivity index (χ3v) is 3.94. The van der Waals surface area contributed by atoms with Crippen molar-refractivity contribution in [1.29, 1.82) is 5.26 Å². The van der Waals surface area contributed by atoms with Gasteiger partial charge in [0, 0.05) is 31.1 Å². The number of aromatic nitrogens is 1. The number of anilines is 1. The number of nitrogen functional groups attached to an aromatic ring is 1. The molecule has 2 rings (SSSR count). The lowest BCUT2D eigenvalue weighted by Crippen LogP contribution is -2.27. The van der Waals surface area contributed by atoms with Gasteiger partial charge in [-0.3, -0.25) is 4.79 Å². The predicted octanol–water partition coefficient (Wildman–Crippen LogP) is 1.40. The Morgan fingerprint density at radius 2 is 2.08 bits per heavy atom. The molecule has 1 aromatic carbocycles. The summed E-state index contributed by atoms with van der Waals surface area (Å²) in [5.41, 5.74) is 7.78. The van der Waals surface area contributed by atoms with Crippen molar-refractivity contribution in [3.8, 4) is 11.8 Å². The largest absolute Gasteiger partial charge is 0.464 e. The van der Waals surface area contributed by atoms with Crippen LogP contribution >= 0.6 is 0 Å². The zero-order valence-electron chi connectivity index (χ0n) is 14.8. The average Bonchev–Trinajstić information content (AvgIpc) is 2.97. The Bertz CT molecular complexity index is 880. The van der Waals surface area contributed by atoms with E-state index in [0.717, 1.165) is 0 Å². The van der Waals surface area contributed by atoms with Gasteiger partial charge < -0.3 is 25.1 Å². The molecule has 0 aliphatic heterocycles. The molecule has 26 heavy (non-hydrogen) atoms. The first-order chi connectivity index (χ1) is 12.5. The van der Waals surface area contributed by atoms with E-state index in [1.807, 2.05) is 6.07 Å². The number of hydrogen-bond donors (Lipinski definition) is 2. The van der Waals surface area contributed by atoms with Gasteiger partial charge in [0.15, 0.2) is 5.69 Å². The summed E-state index contributed by atoms with van der Waals surface area (Å²) in [5, 5.41) is 12.0. The van der Waals surface area contributed by atoms with E-state index in [9.17, 15) is 14.9 Å². The van der Waals surface area contributed by atoms with Crippen LogP contribution in [0.15, 0.2) is 24.4 Å². The third kappa shape index (κ3) is 3.53. The topological polar surface area (TPSA) is 119 Å². The van der Waals surface area contributed by atoms with Crippen LogP contribution in [0.2, 0.25) is 0 Å². The molecule has 3 N–H and O–H groups in total. The Labute approximate surface area is 151 Å². The summed E-state index contributed by atoms with van der Waals surface area (Å²) in [6, 6.07) is 7.05. The number of nitrogens with two attached hydrogens (primary N) is 1. The molecule has 8 nitrogen and oxygen atoms in total. The normalized spacial score (nSPS) is 10.2. The van der Waals surface area contributed by atoms with Crippen LogP contribution in [0.3, 0.4) is 0 Å². The number of rotatable bonds is 6. The van der Waals surface area contributed by atoms with Crippen molar-refractivity contribution < 1.29 is 19.1 Å². The Balaban J connectivity index is 2.54. The maximum Gasteiger partial charge on any atom is 0.357 e. The van der Waals surface area contributed by atoms with Gasteiger partial charge in [-0.15, -0.1) is 0 Å². The minimum atomic E-state index is -0.668. The molecule has 0 radical (unpaired) electrons. The second-order valence-electron chi connectivity index (χ2n) is 5.48. The van der Waals surface area contributed by atoms with E-state index >= 15 is 0 Å². The molecule has 1 aromatic heterocycles. The lowest BCUT2D eigenvalue weighted by molar-refractivity contribution is 0.0593. The molecular formula is C18H20N4O4. The molecule has 1 heterocycles. The number of carbonyl (C=O) groups is 2. The van der Waals surface area contributed by atoms with Crippen molar-refractivity contribution in [2.24, 2.45) is 0 Å². The summed E-state index contributed by atoms with van der Waals surface area (Å²) in [5.74, 6) is -0.931. The van der Waals surface area contributed by atoms with Crippen LogP contribution in [0.5, 0.6) is 0 Å². The molecule has 0 saturated heterocycles. The standard InChI is InChI=1S/C18H20N4O4/c1-11-13(17(23)21-7-8-25-2)5-4-6-14(11)22-10-12(9-19)15(20)16(22)18(24)26-3/h4-6,10H,7-8,20H2,1-3H3,(H,21,23). The zero-order chi connectivity index (χ0) is 19.3. The number of esters is 1. The Kier molecular flexibility index (Phi) is 5.98. The van der Waals surface area contributed by atoms with E-state index < -0.39 is 5.97 Å². The first-order valence-electron chi connectivity index (χ1n) is 7.82. The van der Waals surface area contributed by atoms with Gasteiger partial charge in [-0.1, -0.05) is 6.07 Å². The number of amides is 1. The van der Waals surface area contributed by atoms with E-state index in [2.05, 4.69) is 5.32 Å². The second kappa shape index (κ2) is 8.18. The Hall–Kier alpha value is -3.31. The van der Waals surface area contributed by atoms with E-state index in [1.165, 1.54) is 17.9 Å². The van der Waals surface area contributed by atoms with Crippen LogP contribution in [0.25, 0.3) is 5.69 Å². The highest BCUT2D eigenvalue weighted by Gasteiger charge is 2.23. The number of hydrogen-bond acceptors (Lipinski definition) is 6. The lowest BCUT2D eigenvalue weighted by Gasteiger charge is -2.14. The molecule has 0 saturated carbocycles. The van der Waals surface area contributed by atoms with Crippen LogP contribution in [0.4, 0.5) is 5.69 Å². The predicted molar refractivity (Wildman–Crippen MR) is 95.2 cm³/mol. The second-order valence-corrected chi connectivity index (χ2v) is 5.48. The summed E-state index contributed by atoms with van der Waals surface area (Å²) in [6.07, 6.45) is 1.45. The van der Waals surface area contributed by atoms with Crippen LogP contribution in [0, 0.1) is 18.3 Å². The van der Waals surface area contributed by atoms with Crippen LogP contribution < -0.4 is 11.1 Å². The van der Waals surface area contributed by atoms with Gasteiger partial charge in [-0.25, -0.2) is 4.79 Å². The number of methoxy groups -OCH3 is 2. The van der Waals surface area contributed by atoms with Gasteiger partial charge >= 0.3 is 5.97 Å². The number of nitrogens with one attached hydrogen (secondary N) is 1. The smallest absolute Gasteiger partial charge is 0.357 e. The molecule has 0 spiro atoms. The quantitative estimate of drug-likeness (QED) is 0.596. The maximum atomic E-state index is 12.4. The SMILES string of the molecule is COCCNC(=O)c1cccc(-n2cc(C#N)c(N)c2C(=O)OC)c1C. The molecule has 1 amide bonds. The average molecular weight is 356 g/mol. The summed E-state index contributed by atoms with van der Waals surface area (Å²) in [6.45, 7) is 2.53. The van der Waals surface area contributed by atoms with Crippen molar-refractivity contribution in [2.45, 2.75) is 6.92 Å². The minimum Gasteiger partial charge on any atom is -0.464 e. The molecule has 2 aromatic rings. The van der Waals surface area contributed by atoms with Crippen molar-refractivity contribution in [3.63, 3.8) is 0 Å². The van der Waals surface area contributed by atoms with Gasteiger partial charge in [0.05, 0.1) is 25.0 Å². The summed E-state index contributed by atoms with van der Waals surface area (Å²) in [4.78, 5) is 24.5. The molecule has 0 aliphatic rings. The molecule has 0 unspecified atom stereocenters.